The molecule has 6 nitrogen and oxygen atoms in total. The minimum absolute atomic E-state index is 0. The molecule has 0 spiro atoms. The van der Waals surface area contributed by atoms with Crippen molar-refractivity contribution in [3.05, 3.63) is 46.7 Å². The number of hydrogen-bond acceptors (Lipinski definition) is 5. The first kappa shape index (κ1) is 27.3. The lowest BCUT2D eigenvalue weighted by Crippen LogP contribution is -2.34. The Balaban J connectivity index is 0.00000240. The molecule has 1 heterocycles. The lowest BCUT2D eigenvalue weighted by atomic mass is 9.95. The molecular formula is C21H29Cl2FN4O2S. The van der Waals surface area contributed by atoms with Crippen molar-refractivity contribution in [2.75, 3.05) is 18.4 Å². The second-order valence-electron chi connectivity index (χ2n) is 7.27. The molecule has 0 bridgehead atoms. The topological polar surface area (TPSA) is 83.1 Å². The van der Waals surface area contributed by atoms with Crippen LogP contribution < -0.4 is 16.0 Å². The van der Waals surface area contributed by atoms with Gasteiger partial charge in [0.05, 0.1) is 12.1 Å². The number of thiazole rings is 1. The molecule has 0 aliphatic heterocycles. The molecule has 0 saturated heterocycles. The van der Waals surface area contributed by atoms with Gasteiger partial charge in [-0.3, -0.25) is 14.9 Å². The predicted octanol–water partition coefficient (Wildman–Crippen LogP) is 4.35. The van der Waals surface area contributed by atoms with Crippen molar-refractivity contribution in [3.8, 4) is 0 Å². The summed E-state index contributed by atoms with van der Waals surface area (Å²) in [7, 11) is 0. The monoisotopic (exact) mass is 490 g/mol. The summed E-state index contributed by atoms with van der Waals surface area (Å²) in [6.45, 7) is 1.55. The van der Waals surface area contributed by atoms with Crippen LogP contribution in [0.25, 0.3) is 0 Å². The van der Waals surface area contributed by atoms with E-state index in [-0.39, 0.29) is 43.0 Å². The average molecular weight is 491 g/mol. The van der Waals surface area contributed by atoms with E-state index < -0.39 is 5.82 Å². The first-order chi connectivity index (χ1) is 14.1. The average Bonchev–Trinajstić information content (AvgIpc) is 3.15. The number of aromatic nitrogens is 1. The number of carbonyl (C=O) groups is 2. The maximum absolute atomic E-state index is 12.9. The van der Waals surface area contributed by atoms with Gasteiger partial charge in [-0.15, -0.1) is 36.2 Å². The van der Waals surface area contributed by atoms with Crippen molar-refractivity contribution in [3.63, 3.8) is 0 Å². The van der Waals surface area contributed by atoms with Crippen molar-refractivity contribution < 1.29 is 14.0 Å². The van der Waals surface area contributed by atoms with Gasteiger partial charge in [-0.25, -0.2) is 9.37 Å². The molecule has 1 fully saturated rings. The Morgan fingerprint density at radius 3 is 2.48 bits per heavy atom. The van der Waals surface area contributed by atoms with Crippen molar-refractivity contribution >= 4 is 53.1 Å². The summed E-state index contributed by atoms with van der Waals surface area (Å²) in [5.41, 5.74) is 0.963. The number of halogens is 3. The molecule has 0 unspecified atom stereocenters. The summed E-state index contributed by atoms with van der Waals surface area (Å²) >= 11 is 1.26. The van der Waals surface area contributed by atoms with Crippen LogP contribution in [0.2, 0.25) is 0 Å². The molecule has 31 heavy (non-hydrogen) atoms. The fourth-order valence-corrected chi connectivity index (χ4v) is 4.08. The van der Waals surface area contributed by atoms with Crippen LogP contribution in [-0.2, 0) is 11.2 Å². The first-order valence-electron chi connectivity index (χ1n) is 10.1. The van der Waals surface area contributed by atoms with E-state index >= 15 is 0 Å². The zero-order valence-corrected chi connectivity index (χ0v) is 19.6. The minimum atomic E-state index is -0.395. The van der Waals surface area contributed by atoms with Crippen LogP contribution in [0.4, 0.5) is 9.52 Å². The second kappa shape index (κ2) is 14.3. The van der Waals surface area contributed by atoms with Gasteiger partial charge in [-0.05, 0) is 50.1 Å². The highest BCUT2D eigenvalue weighted by Gasteiger charge is 2.13. The lowest BCUT2D eigenvalue weighted by molar-refractivity contribution is -0.120. The van der Waals surface area contributed by atoms with E-state index in [1.807, 2.05) is 0 Å². The lowest BCUT2D eigenvalue weighted by Gasteiger charge is -2.22. The Hall–Kier alpha value is -1.74. The van der Waals surface area contributed by atoms with Crippen LogP contribution in [0.15, 0.2) is 29.6 Å². The van der Waals surface area contributed by atoms with E-state index in [9.17, 15) is 14.0 Å². The van der Waals surface area contributed by atoms with E-state index in [2.05, 4.69) is 20.9 Å². The third kappa shape index (κ3) is 9.51. The highest BCUT2D eigenvalue weighted by Crippen LogP contribution is 2.18. The number of benzene rings is 1. The van der Waals surface area contributed by atoms with Gasteiger partial charge >= 0.3 is 0 Å². The molecule has 3 N–H and O–H groups in total. The fraction of sp³-hybridized carbons (Fsp3) is 0.476. The summed E-state index contributed by atoms with van der Waals surface area (Å²) in [5.74, 6) is -0.834. The first-order valence-corrected chi connectivity index (χ1v) is 11.0. The maximum atomic E-state index is 12.9. The SMILES string of the molecule is Cl.Cl.O=C(Cc1csc(NC(=O)c2ccc(F)cc2)n1)NCCCNC1CCCCC1. The molecule has 1 aromatic heterocycles. The smallest absolute Gasteiger partial charge is 0.257 e. The molecule has 0 radical (unpaired) electrons. The number of hydrogen-bond donors (Lipinski definition) is 3. The van der Waals surface area contributed by atoms with Crippen molar-refractivity contribution in [2.45, 2.75) is 51.0 Å². The minimum Gasteiger partial charge on any atom is -0.356 e. The Kier molecular flexibility index (Phi) is 12.6. The molecule has 2 amide bonds. The predicted molar refractivity (Wildman–Crippen MR) is 127 cm³/mol. The second-order valence-corrected chi connectivity index (χ2v) is 8.13. The molecule has 1 aliphatic carbocycles. The normalized spacial score (nSPS) is 13.6. The van der Waals surface area contributed by atoms with Crippen LogP contribution in [0, 0.1) is 5.82 Å². The summed E-state index contributed by atoms with van der Waals surface area (Å²) in [4.78, 5) is 28.5. The molecule has 1 aliphatic rings. The van der Waals surface area contributed by atoms with Gasteiger partial charge in [0, 0.05) is 23.5 Å². The van der Waals surface area contributed by atoms with Crippen LogP contribution in [0.3, 0.4) is 0 Å². The molecule has 3 rings (SSSR count). The molecule has 1 saturated carbocycles. The van der Waals surface area contributed by atoms with Gasteiger partial charge in [0.1, 0.15) is 5.82 Å². The zero-order chi connectivity index (χ0) is 20.5. The Bertz CT molecular complexity index is 814. The highest BCUT2D eigenvalue weighted by molar-refractivity contribution is 7.14. The maximum Gasteiger partial charge on any atom is 0.257 e. The molecule has 172 valence electrons. The molecular weight excluding hydrogens is 462 g/mol. The molecule has 1 aromatic carbocycles. The zero-order valence-electron chi connectivity index (χ0n) is 17.2. The van der Waals surface area contributed by atoms with Crippen LogP contribution in [-0.4, -0.2) is 35.9 Å². The largest absolute Gasteiger partial charge is 0.356 e. The highest BCUT2D eigenvalue weighted by atomic mass is 35.5. The van der Waals surface area contributed by atoms with E-state index in [0.29, 0.717) is 29.0 Å². The van der Waals surface area contributed by atoms with Gasteiger partial charge in [0.15, 0.2) is 5.13 Å². The Labute approximate surface area is 198 Å². The van der Waals surface area contributed by atoms with Gasteiger partial charge in [0.25, 0.3) is 5.91 Å². The number of nitrogens with one attached hydrogen (secondary N) is 3. The number of nitrogens with zero attached hydrogens (tertiary/aromatic N) is 1. The van der Waals surface area contributed by atoms with Crippen LogP contribution in [0.1, 0.15) is 54.6 Å². The van der Waals surface area contributed by atoms with E-state index in [4.69, 9.17) is 0 Å². The van der Waals surface area contributed by atoms with Crippen molar-refractivity contribution in [1.82, 2.24) is 15.6 Å². The van der Waals surface area contributed by atoms with E-state index in [1.165, 1.54) is 67.7 Å². The van der Waals surface area contributed by atoms with Gasteiger partial charge in [0.2, 0.25) is 5.91 Å². The van der Waals surface area contributed by atoms with Gasteiger partial charge in [-0.2, -0.15) is 0 Å². The van der Waals surface area contributed by atoms with E-state index in [1.54, 1.807) is 5.38 Å². The summed E-state index contributed by atoms with van der Waals surface area (Å²) in [6, 6.07) is 5.93. The van der Waals surface area contributed by atoms with Gasteiger partial charge in [-0.1, -0.05) is 19.3 Å². The van der Waals surface area contributed by atoms with Crippen LogP contribution in [0.5, 0.6) is 0 Å². The molecule has 0 atom stereocenters. The van der Waals surface area contributed by atoms with Gasteiger partial charge < -0.3 is 10.6 Å². The molecule has 10 heteroatoms. The number of amides is 2. The third-order valence-electron chi connectivity index (χ3n) is 4.93. The fourth-order valence-electron chi connectivity index (χ4n) is 3.37. The molecule has 2 aromatic rings. The van der Waals surface area contributed by atoms with Crippen LogP contribution >= 0.6 is 36.2 Å². The quantitative estimate of drug-likeness (QED) is 0.456. The Morgan fingerprint density at radius 1 is 1.06 bits per heavy atom. The summed E-state index contributed by atoms with van der Waals surface area (Å²) < 4.78 is 12.9. The van der Waals surface area contributed by atoms with Crippen molar-refractivity contribution in [1.29, 1.82) is 0 Å². The number of rotatable bonds is 9. The Morgan fingerprint density at radius 2 is 1.77 bits per heavy atom. The summed E-state index contributed by atoms with van der Waals surface area (Å²) in [5, 5.41) is 11.3. The standard InChI is InChI=1S/C21H27FN4O2S.2ClH/c22-16-9-7-15(8-10-16)20(28)26-21-25-18(14-29-21)13-19(27)24-12-4-11-23-17-5-2-1-3-6-17;;/h7-10,14,17,23H,1-6,11-13H2,(H,24,27)(H,25,26,28);2*1H. The number of carbonyl (C=O) groups excluding carboxylic acids is 2. The number of anilines is 1. The third-order valence-corrected chi connectivity index (χ3v) is 5.74. The summed E-state index contributed by atoms with van der Waals surface area (Å²) in [6.07, 6.45) is 7.58. The van der Waals surface area contributed by atoms with Crippen molar-refractivity contribution in [2.24, 2.45) is 0 Å². The van der Waals surface area contributed by atoms with E-state index in [0.717, 1.165) is 13.0 Å².